The molecular formula is C19H21F3N2O3. The summed E-state index contributed by atoms with van der Waals surface area (Å²) >= 11 is 0. The van der Waals surface area contributed by atoms with Crippen LogP contribution in [0.25, 0.3) is 0 Å². The van der Waals surface area contributed by atoms with Gasteiger partial charge in [0.05, 0.1) is 5.41 Å². The van der Waals surface area contributed by atoms with Crippen molar-refractivity contribution in [2.45, 2.75) is 44.9 Å². The summed E-state index contributed by atoms with van der Waals surface area (Å²) in [5.74, 6) is 0.701. The summed E-state index contributed by atoms with van der Waals surface area (Å²) in [5.41, 5.74) is 4.68. The molecule has 0 unspecified atom stereocenters. The van der Waals surface area contributed by atoms with Gasteiger partial charge in [-0.1, -0.05) is 0 Å². The van der Waals surface area contributed by atoms with Gasteiger partial charge in [-0.25, -0.2) is 0 Å². The molecule has 27 heavy (non-hydrogen) atoms. The van der Waals surface area contributed by atoms with E-state index >= 15 is 0 Å². The Morgan fingerprint density at radius 3 is 1.93 bits per heavy atom. The van der Waals surface area contributed by atoms with Gasteiger partial charge in [0.25, 0.3) is 5.91 Å². The molecule has 4 aliphatic carbocycles. The van der Waals surface area contributed by atoms with Crippen LogP contribution in [0.15, 0.2) is 24.3 Å². The zero-order chi connectivity index (χ0) is 19.2. The lowest BCUT2D eigenvalue weighted by Crippen LogP contribution is -2.56. The molecule has 1 aromatic carbocycles. The van der Waals surface area contributed by atoms with Crippen molar-refractivity contribution >= 4 is 11.8 Å². The SMILES string of the molecule is O=C(NNC(=O)C12CC3CC(CC(C3)C1)C2)c1ccc(OC(F)(F)F)cc1. The van der Waals surface area contributed by atoms with Gasteiger partial charge in [-0.05, 0) is 80.5 Å². The molecule has 0 aromatic heterocycles. The fourth-order valence-corrected chi connectivity index (χ4v) is 5.52. The van der Waals surface area contributed by atoms with E-state index < -0.39 is 18.0 Å². The van der Waals surface area contributed by atoms with E-state index in [9.17, 15) is 22.8 Å². The number of hydrazine groups is 1. The number of hydrogen-bond donors (Lipinski definition) is 2. The van der Waals surface area contributed by atoms with Gasteiger partial charge in [0, 0.05) is 5.56 Å². The van der Waals surface area contributed by atoms with Gasteiger partial charge < -0.3 is 4.74 Å². The zero-order valence-corrected chi connectivity index (χ0v) is 14.6. The number of benzene rings is 1. The molecule has 0 radical (unpaired) electrons. The Kier molecular flexibility index (Phi) is 4.31. The average molecular weight is 382 g/mol. The van der Waals surface area contributed by atoms with E-state index in [1.54, 1.807) is 0 Å². The van der Waals surface area contributed by atoms with E-state index in [-0.39, 0.29) is 16.9 Å². The lowest BCUT2D eigenvalue weighted by molar-refractivity contribution is -0.274. The van der Waals surface area contributed by atoms with E-state index in [1.165, 1.54) is 31.4 Å². The molecule has 0 spiro atoms. The average Bonchev–Trinajstić information content (AvgIpc) is 2.57. The third-order valence-electron chi connectivity index (χ3n) is 6.16. The first-order valence-electron chi connectivity index (χ1n) is 9.19. The molecular weight excluding hydrogens is 361 g/mol. The first-order chi connectivity index (χ1) is 12.7. The maximum absolute atomic E-state index is 12.8. The van der Waals surface area contributed by atoms with Crippen molar-refractivity contribution in [3.05, 3.63) is 29.8 Å². The van der Waals surface area contributed by atoms with Gasteiger partial charge in [0.15, 0.2) is 0 Å². The van der Waals surface area contributed by atoms with Crippen molar-refractivity contribution < 1.29 is 27.5 Å². The van der Waals surface area contributed by atoms with Gasteiger partial charge in [0.2, 0.25) is 5.91 Å². The molecule has 4 fully saturated rings. The second-order valence-corrected chi connectivity index (χ2v) is 8.18. The van der Waals surface area contributed by atoms with Crippen molar-refractivity contribution in [1.82, 2.24) is 10.9 Å². The molecule has 0 heterocycles. The van der Waals surface area contributed by atoms with E-state index in [1.807, 2.05) is 0 Å². The Hall–Kier alpha value is -2.25. The van der Waals surface area contributed by atoms with E-state index in [2.05, 4.69) is 15.6 Å². The van der Waals surface area contributed by atoms with Gasteiger partial charge in [-0.2, -0.15) is 0 Å². The highest BCUT2D eigenvalue weighted by Crippen LogP contribution is 2.60. The van der Waals surface area contributed by atoms with E-state index in [0.717, 1.165) is 31.4 Å². The van der Waals surface area contributed by atoms with Gasteiger partial charge in [-0.15, -0.1) is 13.2 Å². The van der Waals surface area contributed by atoms with Crippen LogP contribution in [0.5, 0.6) is 5.75 Å². The number of carbonyl (C=O) groups is 2. The second kappa shape index (κ2) is 6.42. The monoisotopic (exact) mass is 382 g/mol. The van der Waals surface area contributed by atoms with Gasteiger partial charge in [-0.3, -0.25) is 20.4 Å². The topological polar surface area (TPSA) is 67.4 Å². The lowest BCUT2D eigenvalue weighted by Gasteiger charge is -2.55. The third-order valence-corrected chi connectivity index (χ3v) is 6.16. The maximum atomic E-state index is 12.8. The van der Waals surface area contributed by atoms with Crippen LogP contribution in [-0.2, 0) is 4.79 Å². The van der Waals surface area contributed by atoms with Crippen LogP contribution < -0.4 is 15.6 Å². The molecule has 1 aromatic rings. The molecule has 4 saturated carbocycles. The number of alkyl halides is 3. The predicted molar refractivity (Wildman–Crippen MR) is 89.3 cm³/mol. The molecule has 5 nitrogen and oxygen atoms in total. The number of hydrogen-bond acceptors (Lipinski definition) is 3. The highest BCUT2D eigenvalue weighted by atomic mass is 19.4. The van der Waals surface area contributed by atoms with Gasteiger partial charge in [0.1, 0.15) is 5.75 Å². The number of rotatable bonds is 3. The van der Waals surface area contributed by atoms with Crippen LogP contribution in [0.2, 0.25) is 0 Å². The Morgan fingerprint density at radius 2 is 1.44 bits per heavy atom. The maximum Gasteiger partial charge on any atom is 0.573 e. The Labute approximate surface area is 154 Å². The summed E-state index contributed by atoms with van der Waals surface area (Å²) < 4.78 is 40.3. The molecule has 8 heteroatoms. The highest BCUT2D eigenvalue weighted by Gasteiger charge is 2.54. The minimum atomic E-state index is -4.78. The molecule has 5 rings (SSSR count). The number of amides is 2. The summed E-state index contributed by atoms with van der Waals surface area (Å²) in [6.07, 6.45) is 1.50. The van der Waals surface area contributed by atoms with Crippen LogP contribution in [-0.4, -0.2) is 18.2 Å². The molecule has 146 valence electrons. The van der Waals surface area contributed by atoms with Crippen LogP contribution >= 0.6 is 0 Å². The quantitative estimate of drug-likeness (QED) is 0.786. The summed E-state index contributed by atoms with van der Waals surface area (Å²) in [6, 6.07) is 4.55. The molecule has 0 aliphatic heterocycles. The third kappa shape index (κ3) is 3.75. The van der Waals surface area contributed by atoms with Crippen LogP contribution in [0.3, 0.4) is 0 Å². The predicted octanol–water partition coefficient (Wildman–Crippen LogP) is 3.56. The number of ether oxygens (including phenoxy) is 1. The summed E-state index contributed by atoms with van der Waals surface area (Å²) in [7, 11) is 0. The summed E-state index contributed by atoms with van der Waals surface area (Å²) in [5, 5.41) is 0. The Bertz CT molecular complexity index is 710. The van der Waals surface area contributed by atoms with Crippen molar-refractivity contribution in [1.29, 1.82) is 0 Å². The smallest absolute Gasteiger partial charge is 0.406 e. The molecule has 4 bridgehead atoms. The summed E-state index contributed by atoms with van der Waals surface area (Å²) in [4.78, 5) is 25.0. The molecule has 2 N–H and O–H groups in total. The van der Waals surface area contributed by atoms with Crippen molar-refractivity contribution in [2.75, 3.05) is 0 Å². The van der Waals surface area contributed by atoms with Crippen LogP contribution in [0, 0.1) is 23.2 Å². The van der Waals surface area contributed by atoms with Crippen molar-refractivity contribution in [3.63, 3.8) is 0 Å². The van der Waals surface area contributed by atoms with E-state index in [4.69, 9.17) is 0 Å². The lowest BCUT2D eigenvalue weighted by atomic mass is 9.49. The van der Waals surface area contributed by atoms with E-state index in [0.29, 0.717) is 17.8 Å². The number of halogens is 3. The zero-order valence-electron chi connectivity index (χ0n) is 14.6. The minimum absolute atomic E-state index is 0.135. The van der Waals surface area contributed by atoms with Gasteiger partial charge >= 0.3 is 6.36 Å². The molecule has 4 aliphatic rings. The molecule has 0 saturated heterocycles. The normalized spacial score (nSPS) is 31.4. The van der Waals surface area contributed by atoms with Crippen LogP contribution in [0.1, 0.15) is 48.9 Å². The van der Waals surface area contributed by atoms with Crippen molar-refractivity contribution in [2.24, 2.45) is 23.2 Å². The Morgan fingerprint density at radius 1 is 0.926 bits per heavy atom. The highest BCUT2D eigenvalue weighted by molar-refractivity contribution is 5.96. The standard InChI is InChI=1S/C19H21F3N2O3/c20-19(21,22)27-15-3-1-14(2-4-15)16(25)23-24-17(26)18-8-11-5-12(9-18)7-13(6-11)10-18/h1-4,11-13H,5-10H2,(H,23,25)(H,24,26). The Balaban J connectivity index is 1.35. The number of carbonyl (C=O) groups excluding carboxylic acids is 2. The summed E-state index contributed by atoms with van der Waals surface area (Å²) in [6.45, 7) is 0. The second-order valence-electron chi connectivity index (χ2n) is 8.18. The first-order valence-corrected chi connectivity index (χ1v) is 9.19. The first kappa shape index (κ1) is 18.1. The molecule has 0 atom stereocenters. The van der Waals surface area contributed by atoms with Crippen molar-refractivity contribution in [3.8, 4) is 5.75 Å². The van der Waals surface area contributed by atoms with Crippen LogP contribution in [0.4, 0.5) is 13.2 Å². The number of nitrogens with one attached hydrogen (secondary N) is 2. The fraction of sp³-hybridized carbons (Fsp3) is 0.579. The largest absolute Gasteiger partial charge is 0.573 e. The minimum Gasteiger partial charge on any atom is -0.406 e. The fourth-order valence-electron chi connectivity index (χ4n) is 5.52. The molecule has 2 amide bonds.